The molecule has 162 valence electrons. The molecule has 3 spiro atoms. The molecule has 30 heavy (non-hydrogen) atoms. The molecule has 7 aliphatic rings. The van der Waals surface area contributed by atoms with E-state index in [1.54, 1.807) is 0 Å². The van der Waals surface area contributed by atoms with E-state index in [0.29, 0.717) is 19.6 Å². The van der Waals surface area contributed by atoms with Crippen LogP contribution in [0.2, 0.25) is 0 Å². The van der Waals surface area contributed by atoms with Gasteiger partial charge in [0.25, 0.3) is 0 Å². The maximum atomic E-state index is 12.3. The van der Waals surface area contributed by atoms with Crippen molar-refractivity contribution in [1.29, 1.82) is 0 Å². The minimum absolute atomic E-state index is 0.0264. The molecule has 0 aromatic rings. The number of carbonyl (C=O) groups excluding carboxylic acids is 1. The van der Waals surface area contributed by atoms with Gasteiger partial charge in [0.15, 0.2) is 11.2 Å². The van der Waals surface area contributed by atoms with E-state index in [2.05, 4.69) is 22.7 Å². The lowest BCUT2D eigenvalue weighted by Gasteiger charge is -2.61. The molecule has 4 heterocycles. The monoisotopic (exact) mass is 432 g/mol. The van der Waals surface area contributed by atoms with Gasteiger partial charge in [-0.05, 0) is 30.8 Å². The second kappa shape index (κ2) is 4.77. The van der Waals surface area contributed by atoms with Crippen LogP contribution >= 0.6 is 9.24 Å². The molecule has 3 aliphatic carbocycles. The molecule has 0 aromatic carbocycles. The number of fused-ring (bicyclic) bond motifs is 2. The third kappa shape index (κ3) is 1.41. The van der Waals surface area contributed by atoms with Crippen LogP contribution in [0.15, 0.2) is 23.8 Å². The average Bonchev–Trinajstić information content (AvgIpc) is 3.58. The largest absolute Gasteiger partial charge is 0.458 e. The number of aliphatic hydroxyl groups is 1. The summed E-state index contributed by atoms with van der Waals surface area (Å²) < 4.78 is 25.0. The topological polar surface area (TPSA) is 84.1 Å². The molecule has 3 saturated heterocycles. The van der Waals surface area contributed by atoms with Crippen LogP contribution in [0.25, 0.3) is 0 Å². The summed E-state index contributed by atoms with van der Waals surface area (Å²) in [6.07, 6.45) is 3.89. The zero-order chi connectivity index (χ0) is 21.1. The van der Waals surface area contributed by atoms with E-state index in [-0.39, 0.29) is 40.6 Å². The van der Waals surface area contributed by atoms with Crippen molar-refractivity contribution in [2.75, 3.05) is 13.2 Å². The molecule has 7 heteroatoms. The Morgan fingerprint density at radius 3 is 2.67 bits per heavy atom. The maximum absolute atomic E-state index is 12.3. The van der Waals surface area contributed by atoms with E-state index in [1.165, 1.54) is 0 Å². The Kier molecular flexibility index (Phi) is 2.98. The van der Waals surface area contributed by atoms with Crippen LogP contribution in [0, 0.1) is 17.3 Å². The van der Waals surface area contributed by atoms with Gasteiger partial charge in [0.1, 0.15) is 23.9 Å². The summed E-state index contributed by atoms with van der Waals surface area (Å²) in [6.45, 7) is 11.3. The highest BCUT2D eigenvalue weighted by Crippen LogP contribution is 2.86. The van der Waals surface area contributed by atoms with Gasteiger partial charge >= 0.3 is 5.97 Å². The summed E-state index contributed by atoms with van der Waals surface area (Å²) in [5.74, 6) is -0.435. The third-order valence-corrected chi connectivity index (χ3v) is 11.5. The fourth-order valence-electron chi connectivity index (χ4n) is 8.65. The van der Waals surface area contributed by atoms with Gasteiger partial charge in [0.05, 0.1) is 12.7 Å². The summed E-state index contributed by atoms with van der Waals surface area (Å²) in [5.41, 5.74) is -1.40. The molecule has 0 bridgehead atoms. The van der Waals surface area contributed by atoms with Crippen LogP contribution < -0.4 is 0 Å². The lowest BCUT2D eigenvalue weighted by atomic mass is 9.42. The number of cyclic esters (lactones) is 1. The van der Waals surface area contributed by atoms with Gasteiger partial charge in [-0.3, -0.25) is 0 Å². The predicted molar refractivity (Wildman–Crippen MR) is 110 cm³/mol. The number of carbonyl (C=O) groups is 1. The number of rotatable bonds is 2. The number of hydrogen-bond acceptors (Lipinski definition) is 6. The summed E-state index contributed by atoms with van der Waals surface area (Å²) in [4.78, 5) is 12.3. The van der Waals surface area contributed by atoms with E-state index >= 15 is 0 Å². The first kappa shape index (κ1) is 18.8. The Hall–Kier alpha value is -0.780. The van der Waals surface area contributed by atoms with Crippen LogP contribution in [-0.2, 0) is 23.7 Å². The summed E-state index contributed by atoms with van der Waals surface area (Å²) in [5, 5.41) is 11.8. The Morgan fingerprint density at radius 2 is 2.03 bits per heavy atom. The van der Waals surface area contributed by atoms with Crippen LogP contribution in [0.5, 0.6) is 0 Å². The van der Waals surface area contributed by atoms with Gasteiger partial charge in [-0.15, -0.1) is 15.8 Å². The lowest BCUT2D eigenvalue weighted by Crippen LogP contribution is -2.78. The van der Waals surface area contributed by atoms with Crippen molar-refractivity contribution >= 4 is 15.2 Å². The zero-order valence-corrected chi connectivity index (χ0v) is 18.8. The van der Waals surface area contributed by atoms with Crippen molar-refractivity contribution in [2.45, 2.75) is 79.8 Å². The summed E-state index contributed by atoms with van der Waals surface area (Å²) in [6, 6.07) is 0. The van der Waals surface area contributed by atoms with Gasteiger partial charge in [-0.1, -0.05) is 26.8 Å². The lowest BCUT2D eigenvalue weighted by molar-refractivity contribution is -0.170. The minimum atomic E-state index is -1.09. The smallest absolute Gasteiger partial charge is 0.334 e. The third-order valence-electron chi connectivity index (χ3n) is 10.3. The van der Waals surface area contributed by atoms with Gasteiger partial charge < -0.3 is 24.1 Å². The molecule has 4 aliphatic heterocycles. The number of hydrogen-bond donors (Lipinski definition) is 1. The van der Waals surface area contributed by atoms with Crippen LogP contribution in [0.4, 0.5) is 0 Å². The molecule has 6 nitrogen and oxygen atoms in total. The molecule has 2 saturated carbocycles. The Balaban J connectivity index is 1.46. The molecule has 1 unspecified atom stereocenters. The van der Waals surface area contributed by atoms with E-state index in [9.17, 15) is 9.90 Å². The zero-order valence-electron chi connectivity index (χ0n) is 17.7. The van der Waals surface area contributed by atoms with Gasteiger partial charge in [-0.25, -0.2) is 4.79 Å². The fraction of sp³-hybridized carbons (Fsp3) is 0.783. The molecule has 5 fully saturated rings. The highest BCUT2D eigenvalue weighted by atomic mass is 31.0. The number of ether oxygens (including phenoxy) is 4. The number of esters is 1. The highest BCUT2D eigenvalue weighted by Gasteiger charge is 3.03. The average molecular weight is 432 g/mol. The van der Waals surface area contributed by atoms with Crippen LogP contribution in [0.1, 0.15) is 40.0 Å². The second-order valence-corrected chi connectivity index (χ2v) is 12.0. The molecule has 1 N–H and O–H groups in total. The molecule has 10 atom stereocenters. The van der Waals surface area contributed by atoms with Crippen LogP contribution in [-0.4, -0.2) is 64.1 Å². The first-order valence-corrected chi connectivity index (χ1v) is 11.7. The molecule has 0 radical (unpaired) electrons. The molecular weight excluding hydrogens is 403 g/mol. The first-order chi connectivity index (χ1) is 14.1. The maximum Gasteiger partial charge on any atom is 0.334 e. The van der Waals surface area contributed by atoms with Gasteiger partial charge in [0, 0.05) is 22.1 Å². The SMILES string of the molecule is C=C[C@@H]1[C@@H]2O[C@@]23[C@@]2(C)CCC4=C(COC4=O)[C@]2(P)C[C@@H]2O[C@@]23[C@]2(CO2)[C@]1(O)C(C)C. The molecule has 7 rings (SSSR count). The minimum Gasteiger partial charge on any atom is -0.458 e. The standard InChI is InChI=1S/C23H29O6P/c1-5-13-16-23(29-16)18(4)7-6-12-14(9-26-17(12)24)19(18,30)8-15-22(23,28-15)20(10-27-20)21(13,25)11(2)3/h5,11,13,15-16,25H,1,6-10,30H2,2-4H3/t13-,15+,16+,18+,19-,20+,21+,22-,23-/m1/s1. The van der Waals surface area contributed by atoms with Gasteiger partial charge in [-0.2, -0.15) is 0 Å². The van der Waals surface area contributed by atoms with E-state index in [1.807, 2.05) is 19.9 Å². The number of epoxide rings is 3. The van der Waals surface area contributed by atoms with Crippen molar-refractivity contribution in [3.63, 3.8) is 0 Å². The fourth-order valence-corrected chi connectivity index (χ4v) is 9.48. The Bertz CT molecular complexity index is 971. The highest BCUT2D eigenvalue weighted by molar-refractivity contribution is 7.19. The van der Waals surface area contributed by atoms with Crippen molar-refractivity contribution in [3.05, 3.63) is 23.8 Å². The Labute approximate surface area is 178 Å². The summed E-state index contributed by atoms with van der Waals surface area (Å²) >= 11 is 0. The first-order valence-electron chi connectivity index (χ1n) is 11.1. The predicted octanol–water partition coefficient (Wildman–Crippen LogP) is 1.90. The van der Waals surface area contributed by atoms with Gasteiger partial charge in [0.2, 0.25) is 0 Å². The normalized spacial score (nSPS) is 61.5. The van der Waals surface area contributed by atoms with Crippen molar-refractivity contribution in [3.8, 4) is 0 Å². The quantitative estimate of drug-likeness (QED) is 0.311. The molecule has 0 amide bonds. The van der Waals surface area contributed by atoms with Crippen molar-refractivity contribution < 1.29 is 28.8 Å². The van der Waals surface area contributed by atoms with Crippen molar-refractivity contribution in [2.24, 2.45) is 17.3 Å². The van der Waals surface area contributed by atoms with E-state index in [0.717, 1.165) is 24.0 Å². The Morgan fingerprint density at radius 1 is 1.30 bits per heavy atom. The summed E-state index contributed by atoms with van der Waals surface area (Å²) in [7, 11) is 3.10. The van der Waals surface area contributed by atoms with E-state index < -0.39 is 22.4 Å². The second-order valence-electron chi connectivity index (χ2n) is 11.0. The van der Waals surface area contributed by atoms with Crippen LogP contribution in [0.3, 0.4) is 0 Å². The van der Waals surface area contributed by atoms with Crippen molar-refractivity contribution in [1.82, 2.24) is 0 Å². The molecular formula is C23H29O6P. The molecule has 0 aromatic heterocycles. The van der Waals surface area contributed by atoms with E-state index in [4.69, 9.17) is 18.9 Å².